The maximum Gasteiger partial charge on any atom is 0.306 e. The number of nitrogens with one attached hydrogen (secondary N) is 1. The maximum atomic E-state index is 12.3. The molecule has 0 aliphatic heterocycles. The average molecular weight is 469 g/mol. The smallest absolute Gasteiger partial charge is 0.306 e. The minimum Gasteiger partial charge on any atom is -0.456 e. The molecule has 0 bridgehead atoms. The molecular weight excluding hydrogens is 444 g/mol. The molecule has 1 aromatic carbocycles. The van der Waals surface area contributed by atoms with Gasteiger partial charge >= 0.3 is 5.97 Å². The van der Waals surface area contributed by atoms with Crippen LogP contribution in [0.25, 0.3) is 11.4 Å². The third-order valence-electron chi connectivity index (χ3n) is 5.36. The second-order valence-electron chi connectivity index (χ2n) is 7.87. The topological polar surface area (TPSA) is 137 Å². The number of nitrogens with zero attached hydrogens (tertiary/aromatic N) is 2. The molecule has 0 spiro atoms. The fourth-order valence-electron chi connectivity index (χ4n) is 3.68. The number of aryl methyl sites for hydroxylation is 3. The van der Waals surface area contributed by atoms with Gasteiger partial charge in [0, 0.05) is 16.9 Å². The van der Waals surface area contributed by atoms with Crippen LogP contribution in [0.5, 0.6) is 0 Å². The number of nitrogens with two attached hydrogens (primary N) is 1. The molecule has 4 rings (SSSR count). The number of anilines is 1. The number of thiophene rings is 1. The number of amides is 2. The van der Waals surface area contributed by atoms with Crippen LogP contribution in [0.2, 0.25) is 0 Å². The van der Waals surface area contributed by atoms with Crippen molar-refractivity contribution in [3.63, 3.8) is 0 Å². The van der Waals surface area contributed by atoms with E-state index in [1.165, 1.54) is 11.3 Å². The second-order valence-corrected chi connectivity index (χ2v) is 8.97. The van der Waals surface area contributed by atoms with Crippen LogP contribution in [-0.2, 0) is 33.6 Å². The van der Waals surface area contributed by atoms with Crippen molar-refractivity contribution >= 4 is 34.1 Å². The molecule has 1 aliphatic rings. The van der Waals surface area contributed by atoms with E-state index >= 15 is 0 Å². The van der Waals surface area contributed by atoms with Crippen LogP contribution >= 0.6 is 11.3 Å². The number of aromatic nitrogens is 2. The van der Waals surface area contributed by atoms with Gasteiger partial charge in [-0.25, -0.2) is 0 Å². The maximum absolute atomic E-state index is 12.3. The third-order valence-corrected chi connectivity index (χ3v) is 6.56. The second kappa shape index (κ2) is 9.95. The van der Waals surface area contributed by atoms with Crippen molar-refractivity contribution in [3.05, 3.63) is 51.7 Å². The van der Waals surface area contributed by atoms with E-state index in [0.717, 1.165) is 47.3 Å². The van der Waals surface area contributed by atoms with Gasteiger partial charge in [-0.3, -0.25) is 14.4 Å². The number of benzene rings is 1. The highest BCUT2D eigenvalue weighted by atomic mass is 32.1. The van der Waals surface area contributed by atoms with Crippen LogP contribution in [0.4, 0.5) is 5.00 Å². The SMILES string of the molecule is Cc1ccc(-c2noc(CCC(=O)OCC(=O)Nc3sc4c(c3C(N)=O)CCCC4)n2)cc1. The lowest BCUT2D eigenvalue weighted by molar-refractivity contribution is -0.147. The summed E-state index contributed by atoms with van der Waals surface area (Å²) in [6, 6.07) is 7.69. The first-order chi connectivity index (χ1) is 15.9. The van der Waals surface area contributed by atoms with Gasteiger partial charge in [0.05, 0.1) is 12.0 Å². The van der Waals surface area contributed by atoms with Crippen LogP contribution in [0.1, 0.15) is 51.5 Å². The molecule has 0 atom stereocenters. The van der Waals surface area contributed by atoms with E-state index in [1.54, 1.807) is 0 Å². The Balaban J connectivity index is 1.27. The predicted octanol–water partition coefficient (Wildman–Crippen LogP) is 3.20. The van der Waals surface area contributed by atoms with Gasteiger partial charge in [0.15, 0.2) is 6.61 Å². The van der Waals surface area contributed by atoms with Gasteiger partial charge in [-0.2, -0.15) is 4.98 Å². The summed E-state index contributed by atoms with van der Waals surface area (Å²) in [7, 11) is 0. The van der Waals surface area contributed by atoms with Crippen molar-refractivity contribution in [3.8, 4) is 11.4 Å². The molecule has 10 heteroatoms. The van der Waals surface area contributed by atoms with E-state index in [9.17, 15) is 14.4 Å². The van der Waals surface area contributed by atoms with Gasteiger partial charge in [0.1, 0.15) is 5.00 Å². The fourth-order valence-corrected chi connectivity index (χ4v) is 4.99. The number of hydrogen-bond donors (Lipinski definition) is 2. The highest BCUT2D eigenvalue weighted by Gasteiger charge is 2.25. The molecule has 3 N–H and O–H groups in total. The Bertz CT molecular complexity index is 1180. The summed E-state index contributed by atoms with van der Waals surface area (Å²) in [5.41, 5.74) is 8.77. The number of carbonyl (C=O) groups excluding carboxylic acids is 3. The van der Waals surface area contributed by atoms with Gasteiger partial charge in [0.25, 0.3) is 11.8 Å². The van der Waals surface area contributed by atoms with Crippen molar-refractivity contribution in [1.29, 1.82) is 0 Å². The zero-order valence-electron chi connectivity index (χ0n) is 18.2. The number of hydrogen-bond acceptors (Lipinski definition) is 8. The standard InChI is InChI=1S/C23H24N4O5S/c1-13-6-8-14(9-7-13)22-26-18(32-27-22)10-11-19(29)31-12-17(28)25-23-20(21(24)30)15-4-2-3-5-16(15)33-23/h6-9H,2-5,10-12H2,1H3,(H2,24,30)(H,25,28). The molecule has 33 heavy (non-hydrogen) atoms. The highest BCUT2D eigenvalue weighted by molar-refractivity contribution is 7.17. The Morgan fingerprint density at radius 3 is 2.70 bits per heavy atom. The monoisotopic (exact) mass is 468 g/mol. The first-order valence-corrected chi connectivity index (χ1v) is 11.5. The predicted molar refractivity (Wildman–Crippen MR) is 122 cm³/mol. The van der Waals surface area contributed by atoms with Crippen molar-refractivity contribution in [2.24, 2.45) is 5.73 Å². The first-order valence-electron chi connectivity index (χ1n) is 10.7. The molecule has 0 fully saturated rings. The van der Waals surface area contributed by atoms with Crippen LogP contribution in [0.15, 0.2) is 28.8 Å². The summed E-state index contributed by atoms with van der Waals surface area (Å²) in [5, 5.41) is 7.01. The number of fused-ring (bicyclic) bond motifs is 1. The van der Waals surface area contributed by atoms with Crippen molar-refractivity contribution in [2.45, 2.75) is 45.4 Å². The van der Waals surface area contributed by atoms with Crippen LogP contribution in [-0.4, -0.2) is 34.5 Å². The summed E-state index contributed by atoms with van der Waals surface area (Å²) >= 11 is 1.36. The van der Waals surface area contributed by atoms with E-state index in [0.29, 0.717) is 22.3 Å². The zero-order valence-corrected chi connectivity index (χ0v) is 19.0. The molecule has 0 saturated carbocycles. The molecule has 2 aromatic heterocycles. The van der Waals surface area contributed by atoms with E-state index in [2.05, 4.69) is 15.5 Å². The normalized spacial score (nSPS) is 12.8. The van der Waals surface area contributed by atoms with Gasteiger partial charge in [0.2, 0.25) is 11.7 Å². The summed E-state index contributed by atoms with van der Waals surface area (Å²) < 4.78 is 10.2. The number of ether oxygens (including phenoxy) is 1. The molecular formula is C23H24N4O5S. The number of rotatable bonds is 8. The highest BCUT2D eigenvalue weighted by Crippen LogP contribution is 2.37. The summed E-state index contributed by atoms with van der Waals surface area (Å²) in [6.07, 6.45) is 3.86. The van der Waals surface area contributed by atoms with Crippen LogP contribution < -0.4 is 11.1 Å². The minimum absolute atomic E-state index is 0.0113. The number of primary amides is 1. The van der Waals surface area contributed by atoms with Gasteiger partial charge in [-0.15, -0.1) is 11.3 Å². The fraction of sp³-hybridized carbons (Fsp3) is 0.348. The van der Waals surface area contributed by atoms with Crippen molar-refractivity contribution in [1.82, 2.24) is 10.1 Å². The van der Waals surface area contributed by atoms with Gasteiger partial charge in [-0.05, 0) is 38.2 Å². The van der Waals surface area contributed by atoms with E-state index in [-0.39, 0.29) is 12.8 Å². The lowest BCUT2D eigenvalue weighted by Gasteiger charge is -2.11. The Hall–Kier alpha value is -3.53. The van der Waals surface area contributed by atoms with Gasteiger partial charge < -0.3 is 20.3 Å². The Morgan fingerprint density at radius 1 is 1.18 bits per heavy atom. The Labute approximate surface area is 194 Å². The molecule has 3 aromatic rings. The number of carbonyl (C=O) groups is 3. The average Bonchev–Trinajstić information content (AvgIpc) is 3.41. The molecule has 9 nitrogen and oxygen atoms in total. The van der Waals surface area contributed by atoms with Crippen LogP contribution in [0.3, 0.4) is 0 Å². The zero-order chi connectivity index (χ0) is 23.4. The van der Waals surface area contributed by atoms with E-state index < -0.39 is 24.4 Å². The molecule has 0 unspecified atom stereocenters. The third kappa shape index (κ3) is 5.46. The summed E-state index contributed by atoms with van der Waals surface area (Å²) in [6.45, 7) is 1.53. The Morgan fingerprint density at radius 2 is 1.94 bits per heavy atom. The summed E-state index contributed by atoms with van der Waals surface area (Å²) in [4.78, 5) is 41.6. The van der Waals surface area contributed by atoms with E-state index in [4.69, 9.17) is 15.0 Å². The van der Waals surface area contributed by atoms with Gasteiger partial charge in [-0.1, -0.05) is 35.0 Å². The van der Waals surface area contributed by atoms with Crippen molar-refractivity contribution in [2.75, 3.05) is 11.9 Å². The van der Waals surface area contributed by atoms with Crippen LogP contribution in [0, 0.1) is 6.92 Å². The lowest BCUT2D eigenvalue weighted by atomic mass is 9.95. The molecule has 1 aliphatic carbocycles. The first kappa shape index (κ1) is 22.7. The Kier molecular flexibility index (Phi) is 6.83. The van der Waals surface area contributed by atoms with E-state index in [1.807, 2.05) is 31.2 Å². The molecule has 172 valence electrons. The molecule has 2 heterocycles. The lowest BCUT2D eigenvalue weighted by Crippen LogP contribution is -2.23. The largest absolute Gasteiger partial charge is 0.456 e. The molecule has 0 radical (unpaired) electrons. The number of esters is 1. The molecule has 0 saturated heterocycles. The quantitative estimate of drug-likeness (QED) is 0.484. The minimum atomic E-state index is -0.569. The van der Waals surface area contributed by atoms with Crippen molar-refractivity contribution < 1.29 is 23.6 Å². The summed E-state index contributed by atoms with van der Waals surface area (Å²) in [5.74, 6) is -0.903. The molecule has 2 amide bonds.